The average Bonchev–Trinajstić information content (AvgIpc) is 1.52. The van der Waals surface area contributed by atoms with E-state index in [1.54, 1.807) is 0 Å². The molecule has 0 fully saturated rings. The molecule has 5 aromatic heterocycles. The molecule has 32 rings (SSSR count). The quantitative estimate of drug-likeness (QED) is 0.152. The fourth-order valence-electron chi connectivity index (χ4n) is 26.3. The van der Waals surface area contributed by atoms with Gasteiger partial charge in [-0.05, 0) is 286 Å². The van der Waals surface area contributed by atoms with Crippen molar-refractivity contribution >= 4 is 233 Å². The maximum atomic E-state index is 6.27. The first kappa shape index (κ1) is 80.0. The number of thiophene rings is 1. The minimum Gasteiger partial charge on any atom is -0.456 e. The number of nitrogens with zero attached hydrogens (tertiary/aromatic N) is 4. The molecule has 0 saturated carbocycles. The molecular weight excluding hydrogens is 1730 g/mol. The van der Waals surface area contributed by atoms with E-state index < -0.39 is 0 Å². The van der Waals surface area contributed by atoms with Crippen LogP contribution in [-0.4, -0.2) is 13.7 Å². The largest absolute Gasteiger partial charge is 0.456 e. The highest BCUT2D eigenvalue weighted by molar-refractivity contribution is 7.26. The van der Waals surface area contributed by atoms with Gasteiger partial charge in [-0.15, -0.1) is 11.3 Å². The third-order valence-corrected chi connectivity index (χ3v) is 33.5. The molecule has 0 bridgehead atoms. The standard InChI is InChI=1S/C45H32N2.C45H29NO.C45H29NS/c1-45(2)37-21-11-19-35-33-17-9-10-18-34(33)36-20-12-22-39-42(36)44-40(28-27-38(45)43(44)41(35)37)47(39)32-25-23-31(24-26-32)46(29-13-5-3-6-14-29)30-15-7-4-8-16-30;2*1-45(2)34-19-8-17-31-29-13-3-4-14-30(29)32-18-9-20-36-42(32)44-37(24-23-35(45)43(44)41(31)34)46(36)27-12-7-11-26(25-27)28-16-10-22-39-40(28)33-15-5-6-21-38(33)47-39/h3-28H,1-2H3;2*3-25H,1-2H3. The molecule has 0 N–H and O–H groups in total. The monoisotopic (exact) mass is 1810 g/mol. The second kappa shape index (κ2) is 29.4. The number of para-hydroxylation sites is 3. The van der Waals surface area contributed by atoms with E-state index in [0.29, 0.717) is 0 Å². The Labute approximate surface area is 817 Å². The Bertz CT molecular complexity index is 10100. The van der Waals surface area contributed by atoms with E-state index in [9.17, 15) is 0 Å². The van der Waals surface area contributed by atoms with Gasteiger partial charge in [0, 0.05) is 114 Å². The van der Waals surface area contributed by atoms with Crippen LogP contribution in [0.3, 0.4) is 0 Å². The zero-order valence-electron chi connectivity index (χ0n) is 78.7. The Balaban J connectivity index is 0.0000000992. The second-order valence-corrected chi connectivity index (χ2v) is 41.7. The van der Waals surface area contributed by atoms with Gasteiger partial charge in [-0.25, -0.2) is 0 Å². The molecule has 0 radical (unpaired) electrons. The molecule has 3 aliphatic carbocycles. The van der Waals surface area contributed by atoms with E-state index in [2.05, 4.69) is 491 Å². The molecule has 6 heteroatoms. The van der Waals surface area contributed by atoms with Gasteiger partial charge < -0.3 is 23.0 Å². The van der Waals surface area contributed by atoms with Crippen molar-refractivity contribution in [2.75, 3.05) is 4.90 Å². The van der Waals surface area contributed by atoms with E-state index in [1.807, 2.05) is 17.4 Å². The highest BCUT2D eigenvalue weighted by Gasteiger charge is 2.40. The Morgan fingerprint density at radius 2 is 0.496 bits per heavy atom. The smallest absolute Gasteiger partial charge is 0.136 e. The maximum absolute atomic E-state index is 6.27. The summed E-state index contributed by atoms with van der Waals surface area (Å²) in [6.07, 6.45) is 0. The topological polar surface area (TPSA) is 31.2 Å². The molecule has 662 valence electrons. The summed E-state index contributed by atoms with van der Waals surface area (Å²) in [6, 6.07) is 162. The third kappa shape index (κ3) is 11.1. The Morgan fingerprint density at radius 3 is 0.929 bits per heavy atom. The van der Waals surface area contributed by atoms with Crippen molar-refractivity contribution in [3.05, 3.63) is 470 Å². The van der Waals surface area contributed by atoms with Crippen LogP contribution in [0.1, 0.15) is 74.9 Å². The van der Waals surface area contributed by atoms with Crippen molar-refractivity contribution in [3.8, 4) is 39.3 Å². The van der Waals surface area contributed by atoms with Gasteiger partial charge >= 0.3 is 0 Å². The van der Waals surface area contributed by atoms with Crippen LogP contribution in [0.5, 0.6) is 0 Å². The van der Waals surface area contributed by atoms with Gasteiger partial charge in [0.1, 0.15) is 11.2 Å². The highest BCUT2D eigenvalue weighted by Crippen LogP contribution is 2.59. The number of hydrogen-bond donors (Lipinski definition) is 0. The third-order valence-electron chi connectivity index (χ3n) is 32.4. The molecule has 0 unspecified atom stereocenters. The zero-order chi connectivity index (χ0) is 93.3. The summed E-state index contributed by atoms with van der Waals surface area (Å²) in [4.78, 5) is 2.32. The molecule has 5 heterocycles. The number of anilines is 3. The summed E-state index contributed by atoms with van der Waals surface area (Å²) in [5.41, 5.74) is 29.3. The SMILES string of the molecule is CC1(C)c2cccc3c4ccccc4c4cccc5c4c4c(c1ccc4n5-c1ccc(N(c4ccccc4)c4ccccc4)cc1)c23.CC1(C)c2cccc3c4ccccc4c4cccc5c4c4c(c1ccc4n5-c1cccc(-c4cccc5oc6ccccc6c45)c1)c23.CC1(C)c2cccc3c4ccccc4c4cccc5c4c4c(c1ccc4n5-c1cccc(-c4cccc5sc6ccccc6c45)c1)c23. The van der Waals surface area contributed by atoms with Gasteiger partial charge in [0.05, 0.1) is 33.1 Å². The molecule has 0 aliphatic heterocycles. The molecule has 5 nitrogen and oxygen atoms in total. The van der Waals surface area contributed by atoms with Gasteiger partial charge in [-0.3, -0.25) is 0 Å². The van der Waals surface area contributed by atoms with Gasteiger partial charge in [-0.1, -0.05) is 345 Å². The summed E-state index contributed by atoms with van der Waals surface area (Å²) < 4.78 is 16.4. The van der Waals surface area contributed by atoms with Crippen LogP contribution in [0, 0.1) is 0 Å². The average molecular weight is 1820 g/mol. The molecule has 3 aliphatic rings. The lowest BCUT2D eigenvalue weighted by Gasteiger charge is -2.25. The number of furan rings is 1. The Kier molecular flexibility index (Phi) is 16.7. The van der Waals surface area contributed by atoms with Crippen molar-refractivity contribution in [1.82, 2.24) is 13.7 Å². The van der Waals surface area contributed by atoms with Gasteiger partial charge in [0.2, 0.25) is 0 Å². The number of fused-ring (bicyclic) bond motifs is 15. The lowest BCUT2D eigenvalue weighted by molar-refractivity contribution is 0.663. The Morgan fingerprint density at radius 1 is 0.191 bits per heavy atom. The Hall–Kier alpha value is -17.2. The van der Waals surface area contributed by atoms with Crippen molar-refractivity contribution in [3.63, 3.8) is 0 Å². The van der Waals surface area contributed by atoms with Crippen LogP contribution in [0.25, 0.3) is 244 Å². The first-order valence-electron chi connectivity index (χ1n) is 49.4. The summed E-state index contributed by atoms with van der Waals surface area (Å²) in [5.74, 6) is 0. The van der Waals surface area contributed by atoms with Crippen molar-refractivity contribution in [2.24, 2.45) is 0 Å². The van der Waals surface area contributed by atoms with Crippen LogP contribution in [0.4, 0.5) is 17.1 Å². The van der Waals surface area contributed by atoms with Crippen molar-refractivity contribution < 1.29 is 4.42 Å². The lowest BCUT2D eigenvalue weighted by Crippen LogP contribution is -2.15. The fourth-order valence-corrected chi connectivity index (χ4v) is 27.4. The predicted octanol–water partition coefficient (Wildman–Crippen LogP) is 37.7. The zero-order valence-corrected chi connectivity index (χ0v) is 79.5. The highest BCUT2D eigenvalue weighted by atomic mass is 32.1. The lowest BCUT2D eigenvalue weighted by atomic mass is 9.81. The minimum atomic E-state index is -0.0938. The van der Waals surface area contributed by atoms with Gasteiger partial charge in [0.15, 0.2) is 0 Å². The molecule has 0 amide bonds. The number of benzene rings is 21. The van der Waals surface area contributed by atoms with E-state index in [1.165, 1.54) is 244 Å². The van der Waals surface area contributed by atoms with E-state index in [-0.39, 0.29) is 16.2 Å². The molecule has 0 spiro atoms. The summed E-state index contributed by atoms with van der Waals surface area (Å²) in [7, 11) is 0. The summed E-state index contributed by atoms with van der Waals surface area (Å²) in [5, 5.41) is 37.2. The maximum Gasteiger partial charge on any atom is 0.136 e. The number of rotatable bonds is 8. The molecule has 0 atom stereocenters. The second-order valence-electron chi connectivity index (χ2n) is 40.6. The fraction of sp³-hybridized carbons (Fsp3) is 0.0667. The van der Waals surface area contributed by atoms with E-state index in [0.717, 1.165) is 50.4 Å². The predicted molar refractivity (Wildman–Crippen MR) is 602 cm³/mol. The van der Waals surface area contributed by atoms with Crippen LogP contribution in [0.15, 0.2) is 441 Å². The first-order chi connectivity index (χ1) is 69.3. The van der Waals surface area contributed by atoms with Crippen LogP contribution in [0.2, 0.25) is 0 Å². The number of aromatic nitrogens is 3. The summed E-state index contributed by atoms with van der Waals surface area (Å²) in [6.45, 7) is 14.4. The summed E-state index contributed by atoms with van der Waals surface area (Å²) >= 11 is 1.88. The van der Waals surface area contributed by atoms with E-state index >= 15 is 0 Å². The van der Waals surface area contributed by atoms with E-state index in [4.69, 9.17) is 4.42 Å². The normalized spacial score (nSPS) is 13.8. The van der Waals surface area contributed by atoms with Crippen LogP contribution in [-0.2, 0) is 16.2 Å². The van der Waals surface area contributed by atoms with Crippen molar-refractivity contribution in [1.29, 1.82) is 0 Å². The van der Waals surface area contributed by atoms with Crippen molar-refractivity contribution in [2.45, 2.75) is 57.8 Å². The molecule has 0 saturated heterocycles. The van der Waals surface area contributed by atoms with Crippen LogP contribution >= 0.6 is 11.3 Å². The number of hydrogen-bond acceptors (Lipinski definition) is 3. The minimum absolute atomic E-state index is 0.0839. The molecule has 29 aromatic rings. The van der Waals surface area contributed by atoms with Gasteiger partial charge in [0.25, 0.3) is 0 Å². The molecule has 24 aromatic carbocycles. The molecule has 141 heavy (non-hydrogen) atoms. The molecular formula is C135H90N4OS. The van der Waals surface area contributed by atoms with Gasteiger partial charge in [-0.2, -0.15) is 0 Å². The van der Waals surface area contributed by atoms with Crippen LogP contribution < -0.4 is 4.90 Å². The first-order valence-corrected chi connectivity index (χ1v) is 50.2.